The van der Waals surface area contributed by atoms with Crippen LogP contribution in [0.25, 0.3) is 0 Å². The number of carbonyl (C=O) groups excluding carboxylic acids is 2. The number of esters is 1. The fourth-order valence-corrected chi connectivity index (χ4v) is 2.46. The number of ketones is 1. The van der Waals surface area contributed by atoms with Gasteiger partial charge >= 0.3 is 5.97 Å². The number of hydrogen-bond acceptors (Lipinski definition) is 4. The molecule has 0 fully saturated rings. The number of Topliss-reactive ketones (excluding diaryl/α,β-unsaturated/α-hetero) is 1. The molecule has 0 amide bonds. The molecular weight excluding hydrogens is 272 g/mol. The van der Waals surface area contributed by atoms with Crippen molar-refractivity contribution >= 4 is 23.5 Å². The van der Waals surface area contributed by atoms with Gasteiger partial charge in [-0.2, -0.15) is 11.8 Å². The van der Waals surface area contributed by atoms with Crippen molar-refractivity contribution in [1.82, 2.24) is 0 Å². The first kappa shape index (κ1) is 19.5. The van der Waals surface area contributed by atoms with Crippen LogP contribution in [0.1, 0.15) is 61.3 Å². The molecule has 0 heterocycles. The highest BCUT2D eigenvalue weighted by Gasteiger charge is 2.26. The molecule has 0 rings (SSSR count). The van der Waals surface area contributed by atoms with Crippen molar-refractivity contribution in [2.75, 3.05) is 12.4 Å². The third kappa shape index (κ3) is 10.3. The van der Waals surface area contributed by atoms with E-state index in [2.05, 4.69) is 20.8 Å². The fourth-order valence-electron chi connectivity index (χ4n) is 1.54. The molecule has 1 unspecified atom stereocenters. The summed E-state index contributed by atoms with van der Waals surface area (Å²) in [6, 6.07) is 0. The predicted octanol–water partition coefficient (Wildman–Crippen LogP) is 4.09. The van der Waals surface area contributed by atoms with Gasteiger partial charge < -0.3 is 4.74 Å². The SMILES string of the molecule is CC(=O)C(CCCSC(C)(C)C)C(=O)OCC(C)(C)C. The van der Waals surface area contributed by atoms with Crippen LogP contribution in [0, 0.1) is 11.3 Å². The summed E-state index contributed by atoms with van der Waals surface area (Å²) in [4.78, 5) is 23.6. The molecule has 0 aromatic rings. The smallest absolute Gasteiger partial charge is 0.316 e. The Labute approximate surface area is 128 Å². The third-order valence-electron chi connectivity index (χ3n) is 2.59. The van der Waals surface area contributed by atoms with Crippen LogP contribution in [-0.2, 0) is 14.3 Å². The maximum atomic E-state index is 12.0. The molecule has 0 radical (unpaired) electrons. The zero-order valence-electron chi connectivity index (χ0n) is 14.0. The maximum absolute atomic E-state index is 12.0. The van der Waals surface area contributed by atoms with Crippen LogP contribution in [0.4, 0.5) is 0 Å². The van der Waals surface area contributed by atoms with Crippen molar-refractivity contribution in [3.63, 3.8) is 0 Å². The van der Waals surface area contributed by atoms with Crippen molar-refractivity contribution in [3.05, 3.63) is 0 Å². The molecule has 0 N–H and O–H groups in total. The lowest BCUT2D eigenvalue weighted by Gasteiger charge is -2.21. The minimum atomic E-state index is -0.599. The zero-order valence-corrected chi connectivity index (χ0v) is 14.9. The third-order valence-corrected chi connectivity index (χ3v) is 3.95. The zero-order chi connectivity index (χ0) is 16.0. The summed E-state index contributed by atoms with van der Waals surface area (Å²) in [6.07, 6.45) is 1.44. The molecule has 0 aromatic heterocycles. The van der Waals surface area contributed by atoms with Gasteiger partial charge in [-0.15, -0.1) is 0 Å². The van der Waals surface area contributed by atoms with Crippen LogP contribution in [0.2, 0.25) is 0 Å². The van der Waals surface area contributed by atoms with Gasteiger partial charge in [-0.25, -0.2) is 0 Å². The van der Waals surface area contributed by atoms with E-state index in [4.69, 9.17) is 4.74 Å². The highest BCUT2D eigenvalue weighted by Crippen LogP contribution is 2.25. The molecule has 0 aromatic carbocycles. The number of ether oxygens (including phenoxy) is 1. The first-order valence-electron chi connectivity index (χ1n) is 7.23. The number of rotatable bonds is 7. The van der Waals surface area contributed by atoms with Gasteiger partial charge in [0, 0.05) is 4.75 Å². The Morgan fingerprint density at radius 3 is 2.05 bits per heavy atom. The molecule has 0 saturated heterocycles. The lowest BCUT2D eigenvalue weighted by atomic mass is 9.97. The average Bonchev–Trinajstić information content (AvgIpc) is 2.22. The van der Waals surface area contributed by atoms with E-state index in [1.165, 1.54) is 6.92 Å². The quantitative estimate of drug-likeness (QED) is 0.403. The Hall–Kier alpha value is -0.510. The van der Waals surface area contributed by atoms with Gasteiger partial charge in [-0.05, 0) is 30.9 Å². The second-order valence-electron chi connectivity index (χ2n) is 7.43. The normalized spacial score (nSPS) is 13.9. The maximum Gasteiger partial charge on any atom is 0.316 e. The Kier molecular flexibility index (Phi) is 7.85. The van der Waals surface area contributed by atoms with E-state index in [-0.39, 0.29) is 21.9 Å². The molecule has 0 aliphatic heterocycles. The van der Waals surface area contributed by atoms with Gasteiger partial charge in [0.1, 0.15) is 11.7 Å². The van der Waals surface area contributed by atoms with Gasteiger partial charge in [-0.1, -0.05) is 41.5 Å². The van der Waals surface area contributed by atoms with E-state index in [1.54, 1.807) is 0 Å². The summed E-state index contributed by atoms with van der Waals surface area (Å²) in [5.74, 6) is -0.101. The molecule has 0 bridgehead atoms. The molecule has 20 heavy (non-hydrogen) atoms. The van der Waals surface area contributed by atoms with Crippen molar-refractivity contribution in [3.8, 4) is 0 Å². The largest absolute Gasteiger partial charge is 0.465 e. The standard InChI is InChI=1S/C16H30O3S/c1-12(17)13(9-8-10-20-16(5,6)7)14(18)19-11-15(2,3)4/h13H,8-11H2,1-7H3. The average molecular weight is 302 g/mol. The van der Waals surface area contributed by atoms with Gasteiger partial charge in [0.15, 0.2) is 0 Å². The van der Waals surface area contributed by atoms with E-state index in [0.717, 1.165) is 12.2 Å². The molecule has 3 nitrogen and oxygen atoms in total. The van der Waals surface area contributed by atoms with Crippen LogP contribution in [0.15, 0.2) is 0 Å². The molecule has 1 atom stereocenters. The van der Waals surface area contributed by atoms with E-state index in [9.17, 15) is 9.59 Å². The molecule has 118 valence electrons. The van der Waals surface area contributed by atoms with Crippen molar-refractivity contribution < 1.29 is 14.3 Å². The first-order valence-corrected chi connectivity index (χ1v) is 8.22. The lowest BCUT2D eigenvalue weighted by Crippen LogP contribution is -2.28. The first-order chi connectivity index (χ1) is 8.92. The van der Waals surface area contributed by atoms with E-state index in [0.29, 0.717) is 13.0 Å². The number of carbonyl (C=O) groups is 2. The Bertz CT molecular complexity index is 324. The minimum absolute atomic E-state index is 0.0704. The monoisotopic (exact) mass is 302 g/mol. The van der Waals surface area contributed by atoms with Crippen molar-refractivity contribution in [2.24, 2.45) is 11.3 Å². The molecule has 4 heteroatoms. The summed E-state index contributed by atoms with van der Waals surface area (Å²) in [5.41, 5.74) is -0.0704. The van der Waals surface area contributed by atoms with E-state index in [1.807, 2.05) is 32.5 Å². The van der Waals surface area contributed by atoms with Crippen LogP contribution in [0.5, 0.6) is 0 Å². The molecule has 0 saturated carbocycles. The highest BCUT2D eigenvalue weighted by molar-refractivity contribution is 8.00. The Balaban J connectivity index is 4.23. The van der Waals surface area contributed by atoms with Gasteiger partial charge in [0.05, 0.1) is 6.61 Å². The summed E-state index contributed by atoms with van der Waals surface area (Å²) in [6.45, 7) is 14.3. The minimum Gasteiger partial charge on any atom is -0.465 e. The fraction of sp³-hybridized carbons (Fsp3) is 0.875. The second-order valence-corrected chi connectivity index (χ2v) is 9.36. The predicted molar refractivity (Wildman–Crippen MR) is 86.0 cm³/mol. The molecule has 0 spiro atoms. The summed E-state index contributed by atoms with van der Waals surface area (Å²) < 4.78 is 5.48. The van der Waals surface area contributed by atoms with Crippen LogP contribution in [-0.4, -0.2) is 28.9 Å². The lowest BCUT2D eigenvalue weighted by molar-refractivity contribution is -0.154. The highest BCUT2D eigenvalue weighted by atomic mass is 32.2. The van der Waals surface area contributed by atoms with Gasteiger partial charge in [0.2, 0.25) is 0 Å². The second kappa shape index (κ2) is 8.06. The van der Waals surface area contributed by atoms with Crippen molar-refractivity contribution in [1.29, 1.82) is 0 Å². The van der Waals surface area contributed by atoms with Gasteiger partial charge in [-0.3, -0.25) is 9.59 Å². The van der Waals surface area contributed by atoms with Crippen molar-refractivity contribution in [2.45, 2.75) is 66.1 Å². The van der Waals surface area contributed by atoms with Crippen LogP contribution < -0.4 is 0 Å². The van der Waals surface area contributed by atoms with E-state index < -0.39 is 5.92 Å². The number of thioether (sulfide) groups is 1. The van der Waals surface area contributed by atoms with E-state index >= 15 is 0 Å². The summed E-state index contributed by atoms with van der Waals surface area (Å²) in [5, 5.41) is 0. The summed E-state index contributed by atoms with van der Waals surface area (Å²) in [7, 11) is 0. The number of hydrogen-bond donors (Lipinski definition) is 0. The Morgan fingerprint density at radius 2 is 1.65 bits per heavy atom. The summed E-state index contributed by atoms with van der Waals surface area (Å²) >= 11 is 1.85. The topological polar surface area (TPSA) is 43.4 Å². The van der Waals surface area contributed by atoms with Crippen LogP contribution >= 0.6 is 11.8 Å². The molecule has 0 aliphatic rings. The molecule has 0 aliphatic carbocycles. The van der Waals surface area contributed by atoms with Crippen LogP contribution in [0.3, 0.4) is 0 Å². The Morgan fingerprint density at radius 1 is 1.10 bits per heavy atom. The molecular formula is C16H30O3S. The van der Waals surface area contributed by atoms with Gasteiger partial charge in [0.25, 0.3) is 0 Å².